The van der Waals surface area contributed by atoms with Crippen molar-refractivity contribution in [3.05, 3.63) is 33.1 Å². The lowest BCUT2D eigenvalue weighted by atomic mass is 10.0. The van der Waals surface area contributed by atoms with Crippen LogP contribution in [0.25, 0.3) is 0 Å². The highest BCUT2D eigenvalue weighted by Crippen LogP contribution is 2.61. The van der Waals surface area contributed by atoms with Crippen LogP contribution < -0.4 is 11.2 Å². The number of ether oxygens (including phenoxy) is 2. The maximum Gasteiger partial charge on any atom is 0.483 e. The van der Waals surface area contributed by atoms with E-state index in [2.05, 4.69) is 13.4 Å². The van der Waals surface area contributed by atoms with Gasteiger partial charge in [-0.1, -0.05) is 0 Å². The van der Waals surface area contributed by atoms with E-state index in [1.54, 1.807) is 0 Å². The van der Waals surface area contributed by atoms with Crippen LogP contribution >= 0.6 is 15.6 Å². The molecule has 2 aliphatic rings. The molecule has 1 aromatic heterocycles. The van der Waals surface area contributed by atoms with Crippen LogP contribution in [0.3, 0.4) is 0 Å². The Morgan fingerprint density at radius 2 is 1.76 bits per heavy atom. The number of hydrogen-bond acceptors (Lipinski definition) is 13. The molecule has 0 aliphatic carbocycles. The Balaban J connectivity index is 1.60. The second kappa shape index (κ2) is 10.4. The van der Waals surface area contributed by atoms with E-state index in [9.17, 15) is 48.9 Å². The molecular formula is C15H24N2O15P2. The van der Waals surface area contributed by atoms with Crippen LogP contribution in [-0.2, 0) is 32.0 Å². The first-order valence-electron chi connectivity index (χ1n) is 9.73. The van der Waals surface area contributed by atoms with Crippen molar-refractivity contribution in [1.82, 2.24) is 9.55 Å². The van der Waals surface area contributed by atoms with E-state index >= 15 is 0 Å². The van der Waals surface area contributed by atoms with Gasteiger partial charge in [-0.15, -0.1) is 0 Å². The minimum Gasteiger partial charge on any atom is -0.390 e. The maximum absolute atomic E-state index is 12.1. The first-order valence-corrected chi connectivity index (χ1v) is 12.7. The lowest BCUT2D eigenvalue weighted by Crippen LogP contribution is -2.48. The van der Waals surface area contributed by atoms with Crippen molar-refractivity contribution in [1.29, 1.82) is 0 Å². The number of aromatic amines is 1. The minimum atomic E-state index is -5.40. The molecule has 10 atom stereocenters. The summed E-state index contributed by atoms with van der Waals surface area (Å²) in [6, 6.07) is 0.953. The van der Waals surface area contributed by atoms with Gasteiger partial charge in [0.2, 0.25) is 0 Å². The normalized spacial score (nSPS) is 37.7. The molecule has 0 radical (unpaired) electrons. The fourth-order valence-electron chi connectivity index (χ4n) is 3.31. The molecule has 7 N–H and O–H groups in total. The second-order valence-electron chi connectivity index (χ2n) is 7.59. The van der Waals surface area contributed by atoms with Crippen LogP contribution in [0.2, 0.25) is 0 Å². The summed E-state index contributed by atoms with van der Waals surface area (Å²) in [5, 5.41) is 39.7. The standard InChI is InChI=1S/C15H24N2O15P2/c1-6-4-7(18)10(20)14(29-6)31-34(26,27)32-33(24,25)28-5-8-11(21)12(22)13(30-8)17-3-2-9(19)16-15(17)23/h2-3,6-8,10-14,18,20-22H,4-5H2,1H3,(H,24,25)(H,26,27)(H,16,19,23). The van der Waals surface area contributed by atoms with Gasteiger partial charge in [-0.2, -0.15) is 4.31 Å². The first kappa shape index (κ1) is 27.3. The molecular weight excluding hydrogens is 510 g/mol. The molecule has 17 nitrogen and oxygen atoms in total. The van der Waals surface area contributed by atoms with Crippen LogP contribution in [0.15, 0.2) is 21.9 Å². The van der Waals surface area contributed by atoms with E-state index in [0.717, 1.165) is 16.8 Å². The highest BCUT2D eigenvalue weighted by molar-refractivity contribution is 7.61. The van der Waals surface area contributed by atoms with E-state index in [-0.39, 0.29) is 6.42 Å². The predicted octanol–water partition coefficient (Wildman–Crippen LogP) is -2.74. The van der Waals surface area contributed by atoms with E-state index < -0.39 is 82.6 Å². The summed E-state index contributed by atoms with van der Waals surface area (Å²) < 4.78 is 48.5. The molecule has 34 heavy (non-hydrogen) atoms. The maximum atomic E-state index is 12.1. The summed E-state index contributed by atoms with van der Waals surface area (Å²) in [5.41, 5.74) is -1.69. The summed E-state index contributed by atoms with van der Waals surface area (Å²) >= 11 is 0. The number of rotatable bonds is 8. The fraction of sp³-hybridized carbons (Fsp3) is 0.733. The van der Waals surface area contributed by atoms with Crippen molar-refractivity contribution >= 4 is 15.6 Å². The van der Waals surface area contributed by atoms with Gasteiger partial charge < -0.3 is 39.7 Å². The van der Waals surface area contributed by atoms with Gasteiger partial charge >= 0.3 is 21.3 Å². The quantitative estimate of drug-likeness (QED) is 0.167. The summed E-state index contributed by atoms with van der Waals surface area (Å²) in [4.78, 5) is 44.5. The van der Waals surface area contributed by atoms with Crippen molar-refractivity contribution in [2.24, 2.45) is 0 Å². The van der Waals surface area contributed by atoms with Crippen LogP contribution in [0.1, 0.15) is 19.6 Å². The lowest BCUT2D eigenvalue weighted by Gasteiger charge is -2.35. The van der Waals surface area contributed by atoms with Gasteiger partial charge in [-0.3, -0.25) is 23.4 Å². The number of hydrogen-bond donors (Lipinski definition) is 7. The molecule has 2 fully saturated rings. The van der Waals surface area contributed by atoms with Crippen LogP contribution in [0.5, 0.6) is 0 Å². The van der Waals surface area contributed by atoms with Crippen LogP contribution in [0.4, 0.5) is 0 Å². The number of aromatic nitrogens is 2. The number of H-pyrrole nitrogens is 1. The largest absolute Gasteiger partial charge is 0.483 e. The molecule has 2 aliphatic heterocycles. The Labute approximate surface area is 190 Å². The topological polar surface area (TPSA) is 257 Å². The van der Waals surface area contributed by atoms with Crippen LogP contribution in [-0.4, -0.2) is 89.3 Å². The smallest absolute Gasteiger partial charge is 0.390 e. The number of phosphoric acid groups is 2. The highest BCUT2D eigenvalue weighted by Gasteiger charge is 2.47. The number of aliphatic hydroxyl groups is 4. The molecule has 0 amide bonds. The molecule has 19 heteroatoms. The summed E-state index contributed by atoms with van der Waals surface area (Å²) in [6.45, 7) is 0.517. The van der Waals surface area contributed by atoms with Gasteiger partial charge in [-0.25, -0.2) is 13.9 Å². The Bertz CT molecular complexity index is 1080. The molecule has 0 saturated carbocycles. The number of aliphatic hydroxyl groups excluding tert-OH is 4. The van der Waals surface area contributed by atoms with Crippen LogP contribution in [0, 0.1) is 0 Å². The molecule has 194 valence electrons. The number of phosphoric ester groups is 2. The van der Waals surface area contributed by atoms with Gasteiger partial charge in [0, 0.05) is 18.7 Å². The molecule has 0 spiro atoms. The Hall–Kier alpha value is -1.30. The fourth-order valence-corrected chi connectivity index (χ4v) is 5.47. The van der Waals surface area contributed by atoms with E-state index in [1.807, 2.05) is 4.98 Å². The third-order valence-corrected chi connectivity index (χ3v) is 7.52. The summed E-state index contributed by atoms with van der Waals surface area (Å²) in [6.07, 6.45) is -11.1. The molecule has 0 aromatic carbocycles. The third-order valence-electron chi connectivity index (χ3n) is 4.92. The Morgan fingerprint density at radius 1 is 1.09 bits per heavy atom. The summed E-state index contributed by atoms with van der Waals surface area (Å²) in [7, 11) is -10.8. The second-order valence-corrected chi connectivity index (χ2v) is 10.6. The van der Waals surface area contributed by atoms with E-state index in [1.165, 1.54) is 6.92 Å². The highest BCUT2D eigenvalue weighted by atomic mass is 31.3. The van der Waals surface area contributed by atoms with Crippen molar-refractivity contribution in [3.8, 4) is 0 Å². The number of nitrogens with one attached hydrogen (secondary N) is 1. The molecule has 10 unspecified atom stereocenters. The van der Waals surface area contributed by atoms with Gasteiger partial charge in [-0.05, 0) is 6.92 Å². The molecule has 3 rings (SSSR count). The van der Waals surface area contributed by atoms with Crippen molar-refractivity contribution in [3.63, 3.8) is 0 Å². The Kier molecular flexibility index (Phi) is 8.32. The van der Waals surface area contributed by atoms with Crippen molar-refractivity contribution < 1.29 is 62.2 Å². The monoisotopic (exact) mass is 534 g/mol. The summed E-state index contributed by atoms with van der Waals surface area (Å²) in [5.74, 6) is 0. The first-order chi connectivity index (χ1) is 15.7. The minimum absolute atomic E-state index is 0.000958. The van der Waals surface area contributed by atoms with E-state index in [4.69, 9.17) is 9.47 Å². The molecule has 1 aromatic rings. The zero-order chi connectivity index (χ0) is 25.4. The van der Waals surface area contributed by atoms with Crippen molar-refractivity contribution in [2.75, 3.05) is 6.61 Å². The zero-order valence-corrected chi connectivity index (χ0v) is 19.2. The molecule has 2 saturated heterocycles. The zero-order valence-electron chi connectivity index (χ0n) is 17.4. The lowest BCUT2D eigenvalue weighted by molar-refractivity contribution is -0.235. The number of nitrogens with zero attached hydrogens (tertiary/aromatic N) is 1. The van der Waals surface area contributed by atoms with Gasteiger partial charge in [0.05, 0.1) is 18.8 Å². The van der Waals surface area contributed by atoms with E-state index in [0.29, 0.717) is 0 Å². The third kappa shape index (κ3) is 6.47. The van der Waals surface area contributed by atoms with Gasteiger partial charge in [0.1, 0.15) is 24.4 Å². The average molecular weight is 534 g/mol. The molecule has 3 heterocycles. The predicted molar refractivity (Wildman–Crippen MR) is 106 cm³/mol. The van der Waals surface area contributed by atoms with Gasteiger partial charge in [0.25, 0.3) is 5.56 Å². The molecule has 0 bridgehead atoms. The average Bonchev–Trinajstić information content (AvgIpc) is 2.97. The SMILES string of the molecule is CC1CC(O)C(O)C(OP(=O)(O)OP(=O)(O)OCC2OC(n3ccc(=O)[nH]c3=O)C(O)C2O)O1. The van der Waals surface area contributed by atoms with Crippen molar-refractivity contribution in [2.45, 2.75) is 62.5 Å². The van der Waals surface area contributed by atoms with Gasteiger partial charge in [0.15, 0.2) is 12.5 Å². The Morgan fingerprint density at radius 3 is 2.41 bits per heavy atom.